The van der Waals surface area contributed by atoms with Gasteiger partial charge >= 0.3 is 0 Å². The lowest BCUT2D eigenvalue weighted by atomic mass is 9.91. The van der Waals surface area contributed by atoms with Gasteiger partial charge in [0, 0.05) is 50.9 Å². The van der Waals surface area contributed by atoms with Gasteiger partial charge in [-0.15, -0.1) is 0 Å². The summed E-state index contributed by atoms with van der Waals surface area (Å²) in [5, 5.41) is 9.65. The Morgan fingerprint density at radius 1 is 1.14 bits per heavy atom. The van der Waals surface area contributed by atoms with E-state index in [1.54, 1.807) is 0 Å². The van der Waals surface area contributed by atoms with Crippen LogP contribution in [0.15, 0.2) is 53.5 Å². The van der Waals surface area contributed by atoms with E-state index in [1.807, 2.05) is 32.3 Å². The molecule has 0 radical (unpaired) electrons. The summed E-state index contributed by atoms with van der Waals surface area (Å²) in [5.41, 5.74) is 4.56. The molecule has 2 aromatic rings. The van der Waals surface area contributed by atoms with Gasteiger partial charge in [-0.2, -0.15) is 0 Å². The molecule has 0 fully saturated rings. The first-order chi connectivity index (χ1) is 14.1. The molecular weight excluding hydrogens is 362 g/mol. The van der Waals surface area contributed by atoms with Gasteiger partial charge in [-0.3, -0.25) is 9.79 Å². The van der Waals surface area contributed by atoms with Crippen molar-refractivity contribution in [2.24, 2.45) is 4.99 Å². The Labute approximate surface area is 173 Å². The van der Waals surface area contributed by atoms with Crippen molar-refractivity contribution in [1.82, 2.24) is 10.6 Å². The zero-order valence-corrected chi connectivity index (χ0v) is 17.5. The molecule has 6 nitrogen and oxygen atoms in total. The summed E-state index contributed by atoms with van der Waals surface area (Å²) in [4.78, 5) is 18.9. The van der Waals surface area contributed by atoms with Crippen LogP contribution in [0.3, 0.4) is 0 Å². The fourth-order valence-corrected chi connectivity index (χ4v) is 3.49. The number of nitrogens with one attached hydrogen (secondary N) is 3. The molecule has 1 unspecified atom stereocenters. The molecule has 1 amide bonds. The van der Waals surface area contributed by atoms with Gasteiger partial charge in [0.15, 0.2) is 5.96 Å². The van der Waals surface area contributed by atoms with Gasteiger partial charge < -0.3 is 20.9 Å². The maximum absolute atomic E-state index is 12.0. The Morgan fingerprint density at radius 3 is 2.62 bits per heavy atom. The SMILES string of the molecule is CCNC(=NCC1CC(=O)Nc2ccccc21)NCCc1ccc(N(C)C)cc1. The third kappa shape index (κ3) is 5.73. The monoisotopic (exact) mass is 393 g/mol. The van der Waals surface area contributed by atoms with Crippen LogP contribution in [0.25, 0.3) is 0 Å². The number of aliphatic imine (C=N–C) groups is 1. The highest BCUT2D eigenvalue weighted by atomic mass is 16.1. The summed E-state index contributed by atoms with van der Waals surface area (Å²) < 4.78 is 0. The predicted molar refractivity (Wildman–Crippen MR) is 121 cm³/mol. The quantitative estimate of drug-likeness (QED) is 0.500. The van der Waals surface area contributed by atoms with Crippen LogP contribution in [0.2, 0.25) is 0 Å². The third-order valence-electron chi connectivity index (χ3n) is 5.08. The fraction of sp³-hybridized carbons (Fsp3) is 0.391. The third-order valence-corrected chi connectivity index (χ3v) is 5.08. The second kappa shape index (κ2) is 9.96. The van der Waals surface area contributed by atoms with Crippen LogP contribution in [0.1, 0.15) is 30.4 Å². The van der Waals surface area contributed by atoms with Crippen molar-refractivity contribution in [3.05, 3.63) is 59.7 Å². The van der Waals surface area contributed by atoms with Crippen LogP contribution in [-0.2, 0) is 11.2 Å². The standard InChI is InChI=1S/C23H31N5O/c1-4-24-23(25-14-13-17-9-11-19(12-10-17)28(2)3)26-16-18-15-22(29)27-21-8-6-5-7-20(18)21/h5-12,18H,4,13-16H2,1-3H3,(H,27,29)(H2,24,25,26). The van der Waals surface area contributed by atoms with Crippen molar-refractivity contribution < 1.29 is 4.79 Å². The molecule has 1 aliphatic heterocycles. The lowest BCUT2D eigenvalue weighted by molar-refractivity contribution is -0.116. The second-order valence-electron chi connectivity index (χ2n) is 7.49. The molecule has 1 aliphatic rings. The minimum atomic E-state index is 0.0584. The van der Waals surface area contributed by atoms with Crippen LogP contribution < -0.4 is 20.9 Å². The van der Waals surface area contributed by atoms with E-state index in [-0.39, 0.29) is 11.8 Å². The van der Waals surface area contributed by atoms with E-state index in [2.05, 4.69) is 58.1 Å². The van der Waals surface area contributed by atoms with Crippen molar-refractivity contribution >= 4 is 23.2 Å². The number of guanidine groups is 1. The Balaban J connectivity index is 1.58. The minimum absolute atomic E-state index is 0.0584. The summed E-state index contributed by atoms with van der Waals surface area (Å²) in [6.45, 7) is 4.23. The predicted octanol–water partition coefficient (Wildman–Crippen LogP) is 2.98. The number of hydrogen-bond acceptors (Lipinski definition) is 3. The highest BCUT2D eigenvalue weighted by Crippen LogP contribution is 2.31. The summed E-state index contributed by atoms with van der Waals surface area (Å²) in [5.74, 6) is 0.956. The molecule has 0 saturated heterocycles. The Kier molecular flexibility index (Phi) is 7.11. The molecule has 1 atom stereocenters. The number of nitrogens with zero attached hydrogens (tertiary/aromatic N) is 2. The molecule has 0 aromatic heterocycles. The number of anilines is 2. The van der Waals surface area contributed by atoms with Crippen LogP contribution in [0.4, 0.5) is 11.4 Å². The zero-order valence-electron chi connectivity index (χ0n) is 17.5. The summed E-state index contributed by atoms with van der Waals surface area (Å²) in [7, 11) is 4.09. The number of para-hydroxylation sites is 1. The van der Waals surface area contributed by atoms with E-state index in [0.29, 0.717) is 13.0 Å². The maximum Gasteiger partial charge on any atom is 0.225 e. The van der Waals surface area contributed by atoms with E-state index >= 15 is 0 Å². The first kappa shape index (κ1) is 20.7. The minimum Gasteiger partial charge on any atom is -0.378 e. The van der Waals surface area contributed by atoms with Crippen LogP contribution in [0, 0.1) is 0 Å². The molecule has 154 valence electrons. The molecule has 0 spiro atoms. The lowest BCUT2D eigenvalue weighted by Gasteiger charge is -2.24. The number of carbonyl (C=O) groups excluding carboxylic acids is 1. The molecule has 6 heteroatoms. The van der Waals surface area contributed by atoms with E-state index in [9.17, 15) is 4.79 Å². The highest BCUT2D eigenvalue weighted by molar-refractivity contribution is 5.94. The van der Waals surface area contributed by atoms with Crippen molar-refractivity contribution in [3.8, 4) is 0 Å². The van der Waals surface area contributed by atoms with Crippen molar-refractivity contribution in [2.75, 3.05) is 43.9 Å². The van der Waals surface area contributed by atoms with Gasteiger partial charge in [-0.25, -0.2) is 0 Å². The summed E-state index contributed by atoms with van der Waals surface area (Å²) in [6, 6.07) is 16.6. The number of carbonyl (C=O) groups is 1. The van der Waals surface area contributed by atoms with Gasteiger partial charge in [0.05, 0.1) is 6.54 Å². The first-order valence-corrected chi connectivity index (χ1v) is 10.2. The molecule has 3 N–H and O–H groups in total. The molecule has 0 aliphatic carbocycles. The molecule has 2 aromatic carbocycles. The molecule has 29 heavy (non-hydrogen) atoms. The van der Waals surface area contributed by atoms with Gasteiger partial charge in [0.2, 0.25) is 5.91 Å². The van der Waals surface area contributed by atoms with E-state index in [4.69, 9.17) is 4.99 Å². The van der Waals surface area contributed by atoms with Gasteiger partial charge in [-0.05, 0) is 42.7 Å². The van der Waals surface area contributed by atoms with Gasteiger partial charge in [-0.1, -0.05) is 30.3 Å². The van der Waals surface area contributed by atoms with E-state index in [0.717, 1.165) is 36.7 Å². The molecule has 0 saturated carbocycles. The normalized spacial score (nSPS) is 16.0. The first-order valence-electron chi connectivity index (χ1n) is 10.2. The summed E-state index contributed by atoms with van der Waals surface area (Å²) in [6.07, 6.45) is 1.39. The van der Waals surface area contributed by atoms with Crippen LogP contribution in [0.5, 0.6) is 0 Å². The maximum atomic E-state index is 12.0. The van der Waals surface area contributed by atoms with E-state index < -0.39 is 0 Å². The highest BCUT2D eigenvalue weighted by Gasteiger charge is 2.24. The Morgan fingerprint density at radius 2 is 1.90 bits per heavy atom. The van der Waals surface area contributed by atoms with Crippen LogP contribution in [-0.4, -0.2) is 45.6 Å². The molecule has 0 bridgehead atoms. The Hall–Kier alpha value is -3.02. The Bertz CT molecular complexity index is 845. The van der Waals surface area contributed by atoms with E-state index in [1.165, 1.54) is 11.3 Å². The van der Waals surface area contributed by atoms with Crippen molar-refractivity contribution in [1.29, 1.82) is 0 Å². The second-order valence-corrected chi connectivity index (χ2v) is 7.49. The number of benzene rings is 2. The molecule has 1 heterocycles. The van der Waals surface area contributed by atoms with Crippen molar-refractivity contribution in [3.63, 3.8) is 0 Å². The zero-order chi connectivity index (χ0) is 20.6. The smallest absolute Gasteiger partial charge is 0.225 e. The number of fused-ring (bicyclic) bond motifs is 1. The average Bonchev–Trinajstić information content (AvgIpc) is 2.72. The summed E-state index contributed by atoms with van der Waals surface area (Å²) >= 11 is 0. The number of amides is 1. The average molecular weight is 394 g/mol. The fourth-order valence-electron chi connectivity index (χ4n) is 3.49. The number of rotatable bonds is 7. The van der Waals surface area contributed by atoms with Crippen molar-refractivity contribution in [2.45, 2.75) is 25.7 Å². The molecular formula is C23H31N5O. The van der Waals surface area contributed by atoms with Gasteiger partial charge in [0.25, 0.3) is 0 Å². The van der Waals surface area contributed by atoms with Gasteiger partial charge in [0.1, 0.15) is 0 Å². The van der Waals surface area contributed by atoms with Crippen LogP contribution >= 0.6 is 0 Å². The topological polar surface area (TPSA) is 68.8 Å². The number of hydrogen-bond donors (Lipinski definition) is 3. The lowest BCUT2D eigenvalue weighted by Crippen LogP contribution is -2.38. The largest absolute Gasteiger partial charge is 0.378 e. The molecule has 3 rings (SSSR count).